The summed E-state index contributed by atoms with van der Waals surface area (Å²) in [5.41, 5.74) is 0.898. The van der Waals surface area contributed by atoms with Crippen molar-refractivity contribution in [3.05, 3.63) is 17.9 Å². The van der Waals surface area contributed by atoms with E-state index in [1.807, 2.05) is 17.0 Å². The summed E-state index contributed by atoms with van der Waals surface area (Å²) in [6.07, 6.45) is 4.48. The average molecular weight is 165 g/mol. The van der Waals surface area contributed by atoms with E-state index in [4.69, 9.17) is 0 Å². The lowest BCUT2D eigenvalue weighted by Gasteiger charge is -2.01. The van der Waals surface area contributed by atoms with E-state index in [0.717, 1.165) is 11.4 Å². The Balaban J connectivity index is 2.53. The first kappa shape index (κ1) is 6.48. The molecular formula is C6H5N4S-. The first-order chi connectivity index (χ1) is 5.38. The van der Waals surface area contributed by atoms with E-state index in [1.54, 1.807) is 6.33 Å². The van der Waals surface area contributed by atoms with E-state index in [0.29, 0.717) is 0 Å². The van der Waals surface area contributed by atoms with Crippen LogP contribution in [0.3, 0.4) is 0 Å². The van der Waals surface area contributed by atoms with Crippen LogP contribution in [0.4, 0.5) is 0 Å². The molecule has 56 valence electrons. The van der Waals surface area contributed by atoms with Crippen LogP contribution in [0.25, 0.3) is 11.4 Å². The zero-order valence-electron chi connectivity index (χ0n) is 5.85. The van der Waals surface area contributed by atoms with Gasteiger partial charge in [0.2, 0.25) is 0 Å². The van der Waals surface area contributed by atoms with Gasteiger partial charge in [-0.1, -0.05) is 11.6 Å². The second-order valence-corrected chi connectivity index (χ2v) is 2.73. The van der Waals surface area contributed by atoms with E-state index in [2.05, 4.69) is 20.8 Å². The quantitative estimate of drug-likeness (QED) is 0.585. The molecule has 0 aliphatic carbocycles. The van der Waals surface area contributed by atoms with Gasteiger partial charge in [-0.2, -0.15) is 10.2 Å². The molecule has 0 aliphatic rings. The lowest BCUT2D eigenvalue weighted by atomic mass is 10.3. The van der Waals surface area contributed by atoms with Crippen LogP contribution in [0.15, 0.2) is 11.7 Å². The van der Waals surface area contributed by atoms with Crippen LogP contribution in [0.5, 0.6) is 0 Å². The molecule has 0 spiro atoms. The van der Waals surface area contributed by atoms with E-state index in [-0.39, 0.29) is 0 Å². The zero-order valence-corrected chi connectivity index (χ0v) is 6.67. The number of aromatic nitrogens is 4. The highest BCUT2D eigenvalue weighted by Gasteiger charge is 1.93. The van der Waals surface area contributed by atoms with Crippen LogP contribution < -0.4 is 0 Å². The van der Waals surface area contributed by atoms with Crippen molar-refractivity contribution in [2.45, 2.75) is 0 Å². The molecule has 4 nitrogen and oxygen atoms in total. The Morgan fingerprint density at radius 1 is 1.64 bits per heavy atom. The summed E-state index contributed by atoms with van der Waals surface area (Å²) in [4.78, 5) is 0. The molecule has 0 aliphatic heterocycles. The van der Waals surface area contributed by atoms with Crippen LogP contribution >= 0.6 is 11.5 Å². The van der Waals surface area contributed by atoms with Crippen molar-refractivity contribution in [2.75, 3.05) is 0 Å². The Kier molecular flexibility index (Phi) is 1.43. The fourth-order valence-electron chi connectivity index (χ4n) is 0.811. The van der Waals surface area contributed by atoms with Gasteiger partial charge in [-0.25, -0.2) is 0 Å². The van der Waals surface area contributed by atoms with Gasteiger partial charge >= 0.3 is 0 Å². The maximum absolute atomic E-state index is 3.91. The zero-order chi connectivity index (χ0) is 7.68. The highest BCUT2D eigenvalue weighted by molar-refractivity contribution is 7.03. The molecule has 2 rings (SSSR count). The number of hydrogen-bond acceptors (Lipinski definition) is 4. The van der Waals surface area contributed by atoms with Crippen molar-refractivity contribution in [3.8, 4) is 11.4 Å². The normalized spacial score (nSPS) is 10.3. The van der Waals surface area contributed by atoms with Crippen LogP contribution in [0.2, 0.25) is 0 Å². The first-order valence-corrected chi connectivity index (χ1v) is 3.88. The number of hydrogen-bond donors (Lipinski definition) is 0. The summed E-state index contributed by atoms with van der Waals surface area (Å²) in [5.74, 6) is 0.804. The number of nitrogens with zero attached hydrogens (tertiary/aromatic N) is 4. The van der Waals surface area contributed by atoms with Crippen LogP contribution in [-0.2, 0) is 7.05 Å². The maximum atomic E-state index is 3.91. The van der Waals surface area contributed by atoms with E-state index in [1.165, 1.54) is 11.5 Å². The summed E-state index contributed by atoms with van der Waals surface area (Å²) in [7, 11) is 1.89. The monoisotopic (exact) mass is 165 g/mol. The highest BCUT2D eigenvalue weighted by Crippen LogP contribution is 2.14. The lowest BCUT2D eigenvalue weighted by Crippen LogP contribution is -1.88. The molecule has 0 radical (unpaired) electrons. The summed E-state index contributed by atoms with van der Waals surface area (Å²) in [6, 6.07) is 0. The van der Waals surface area contributed by atoms with Crippen LogP contribution in [0.1, 0.15) is 0 Å². The van der Waals surface area contributed by atoms with Gasteiger partial charge in [-0.05, 0) is 0 Å². The molecule has 0 fully saturated rings. The van der Waals surface area contributed by atoms with Gasteiger partial charge in [0.1, 0.15) is 6.33 Å². The number of aryl methyl sites for hydroxylation is 1. The summed E-state index contributed by atoms with van der Waals surface area (Å²) >= 11 is 1.36. The third-order valence-corrected chi connectivity index (χ3v) is 1.88. The predicted octanol–water partition coefficient (Wildman–Crippen LogP) is 0.739. The topological polar surface area (TPSA) is 43.6 Å². The van der Waals surface area contributed by atoms with Crippen molar-refractivity contribution < 1.29 is 0 Å². The second kappa shape index (κ2) is 2.43. The third kappa shape index (κ3) is 1.03. The van der Waals surface area contributed by atoms with Gasteiger partial charge in [0.25, 0.3) is 0 Å². The van der Waals surface area contributed by atoms with Gasteiger partial charge < -0.3 is 4.57 Å². The summed E-state index contributed by atoms with van der Waals surface area (Å²) in [6.45, 7) is 0. The fourth-order valence-corrected chi connectivity index (χ4v) is 1.28. The largest absolute Gasteiger partial charge is 0.370 e. The Labute approximate surface area is 67.7 Å². The van der Waals surface area contributed by atoms with E-state index < -0.39 is 0 Å². The Morgan fingerprint density at radius 3 is 3.09 bits per heavy atom. The minimum absolute atomic E-state index is 0.804. The van der Waals surface area contributed by atoms with Crippen molar-refractivity contribution in [1.82, 2.24) is 19.1 Å². The van der Waals surface area contributed by atoms with E-state index >= 15 is 0 Å². The molecule has 2 aromatic rings. The van der Waals surface area contributed by atoms with Crippen molar-refractivity contribution in [2.24, 2.45) is 7.05 Å². The standard InChI is InChI=1S/C6H5N4S/c1-10-4-7-9-6(10)5-2-8-11-3-5/h3-4H,1H3/q-1. The average Bonchev–Trinajstić information content (AvgIpc) is 2.55. The molecule has 0 bridgehead atoms. The minimum Gasteiger partial charge on any atom is -0.370 e. The summed E-state index contributed by atoms with van der Waals surface area (Å²) < 4.78 is 5.69. The summed E-state index contributed by atoms with van der Waals surface area (Å²) in [5, 5.41) is 9.55. The SMILES string of the molecule is Cn1cnnc1-c1[c-]nsc1. The molecule has 2 heterocycles. The van der Waals surface area contributed by atoms with E-state index in [9.17, 15) is 0 Å². The fraction of sp³-hybridized carbons (Fsp3) is 0.167. The highest BCUT2D eigenvalue weighted by atomic mass is 32.1. The smallest absolute Gasteiger partial charge is 0.107 e. The molecule has 0 atom stereocenters. The Hall–Kier alpha value is -1.23. The molecular weight excluding hydrogens is 160 g/mol. The maximum Gasteiger partial charge on any atom is 0.107 e. The van der Waals surface area contributed by atoms with Crippen molar-refractivity contribution in [1.29, 1.82) is 0 Å². The van der Waals surface area contributed by atoms with Gasteiger partial charge in [0.05, 0.1) is 5.82 Å². The second-order valence-electron chi connectivity index (χ2n) is 2.11. The van der Waals surface area contributed by atoms with Gasteiger partial charge in [-0.3, -0.25) is 4.37 Å². The molecule has 2 aromatic heterocycles. The minimum atomic E-state index is 0.804. The third-order valence-electron chi connectivity index (χ3n) is 1.34. The first-order valence-electron chi connectivity index (χ1n) is 3.04. The van der Waals surface area contributed by atoms with Gasteiger partial charge in [0, 0.05) is 7.05 Å². The van der Waals surface area contributed by atoms with Gasteiger partial charge in [0.15, 0.2) is 0 Å². The molecule has 0 saturated carbocycles. The molecule has 0 saturated heterocycles. The molecule has 5 heteroatoms. The molecule has 0 amide bonds. The van der Waals surface area contributed by atoms with Crippen LogP contribution in [-0.4, -0.2) is 19.1 Å². The van der Waals surface area contributed by atoms with Crippen molar-refractivity contribution >= 4 is 11.5 Å². The molecule has 0 N–H and O–H groups in total. The molecule has 0 aromatic carbocycles. The molecule has 11 heavy (non-hydrogen) atoms. The Morgan fingerprint density at radius 2 is 2.55 bits per heavy atom. The van der Waals surface area contributed by atoms with Crippen molar-refractivity contribution in [3.63, 3.8) is 0 Å². The van der Waals surface area contributed by atoms with Crippen LogP contribution in [0, 0.1) is 6.20 Å². The number of rotatable bonds is 1. The van der Waals surface area contributed by atoms with Gasteiger partial charge in [-0.15, -0.1) is 17.1 Å². The molecule has 0 unspecified atom stereocenters. The predicted molar refractivity (Wildman–Crippen MR) is 40.9 cm³/mol. The Bertz CT molecular complexity index is 337. The lowest BCUT2D eigenvalue weighted by molar-refractivity contribution is 0.920.